The Labute approximate surface area is 130 Å². The number of rotatable bonds is 5. The van der Waals surface area contributed by atoms with Crippen LogP contribution >= 0.6 is 23.1 Å². The number of aromatic nitrogens is 4. The van der Waals surface area contributed by atoms with Crippen molar-refractivity contribution in [3.05, 3.63) is 22.4 Å². The van der Waals surface area contributed by atoms with Crippen LogP contribution in [0.1, 0.15) is 4.88 Å². The maximum atomic E-state index is 12.1. The molecule has 7 nitrogen and oxygen atoms in total. The van der Waals surface area contributed by atoms with Crippen molar-refractivity contribution in [2.75, 3.05) is 32.1 Å². The summed E-state index contributed by atoms with van der Waals surface area (Å²) < 4.78 is 6.97. The lowest BCUT2D eigenvalue weighted by Gasteiger charge is -2.26. The fraction of sp³-hybridized carbons (Fsp3) is 0.500. The van der Waals surface area contributed by atoms with E-state index in [0.29, 0.717) is 43.8 Å². The van der Waals surface area contributed by atoms with E-state index in [1.54, 1.807) is 16.0 Å². The minimum Gasteiger partial charge on any atom is -0.378 e. The van der Waals surface area contributed by atoms with Crippen LogP contribution in [0.15, 0.2) is 22.7 Å². The third-order valence-electron chi connectivity index (χ3n) is 3.07. The Kier molecular flexibility index (Phi) is 4.84. The molecule has 21 heavy (non-hydrogen) atoms. The second-order valence-corrected chi connectivity index (χ2v) is 6.46. The van der Waals surface area contributed by atoms with Gasteiger partial charge in [-0.25, -0.2) is 4.68 Å². The summed E-state index contributed by atoms with van der Waals surface area (Å²) in [5.41, 5.74) is 0. The first-order valence-corrected chi connectivity index (χ1v) is 8.46. The molecule has 0 unspecified atom stereocenters. The molecule has 0 atom stereocenters. The Morgan fingerprint density at radius 3 is 3.05 bits per heavy atom. The zero-order chi connectivity index (χ0) is 14.5. The Morgan fingerprint density at radius 2 is 2.29 bits per heavy atom. The van der Waals surface area contributed by atoms with Crippen LogP contribution in [0, 0.1) is 0 Å². The lowest BCUT2D eigenvalue weighted by Crippen LogP contribution is -2.41. The summed E-state index contributed by atoms with van der Waals surface area (Å²) in [5.74, 6) is 0.458. The maximum Gasteiger partial charge on any atom is 0.233 e. The lowest BCUT2D eigenvalue weighted by molar-refractivity contribution is -0.132. The Balaban J connectivity index is 1.55. The van der Waals surface area contributed by atoms with Crippen LogP contribution in [0.25, 0.3) is 0 Å². The second kappa shape index (κ2) is 7.01. The molecule has 0 spiro atoms. The minimum atomic E-state index is 0.106. The van der Waals surface area contributed by atoms with E-state index in [1.165, 1.54) is 16.6 Å². The van der Waals surface area contributed by atoms with Gasteiger partial charge in [0.25, 0.3) is 0 Å². The van der Waals surface area contributed by atoms with Gasteiger partial charge in [-0.1, -0.05) is 17.8 Å². The molecule has 3 heterocycles. The van der Waals surface area contributed by atoms with Crippen molar-refractivity contribution in [3.63, 3.8) is 0 Å². The average molecular weight is 325 g/mol. The normalized spacial score (nSPS) is 15.3. The molecule has 1 aliphatic heterocycles. The van der Waals surface area contributed by atoms with Gasteiger partial charge in [0.2, 0.25) is 11.1 Å². The molecule has 2 aromatic rings. The van der Waals surface area contributed by atoms with Crippen molar-refractivity contribution in [3.8, 4) is 0 Å². The van der Waals surface area contributed by atoms with E-state index in [4.69, 9.17) is 4.74 Å². The standard InChI is InChI=1S/C12H15N5O2S2/c18-11(16-3-5-19-6-4-16)9-21-12-13-14-15-17(12)8-10-2-1-7-20-10/h1-2,7H,3-6,8-9H2. The first-order chi connectivity index (χ1) is 10.3. The predicted molar refractivity (Wildman–Crippen MR) is 79.4 cm³/mol. The number of hydrogen-bond donors (Lipinski definition) is 0. The van der Waals surface area contributed by atoms with Gasteiger partial charge in [0.1, 0.15) is 0 Å². The number of tetrazole rings is 1. The molecule has 0 saturated carbocycles. The van der Waals surface area contributed by atoms with Gasteiger partial charge in [0, 0.05) is 18.0 Å². The number of carbonyl (C=O) groups excluding carboxylic acids is 1. The molecular weight excluding hydrogens is 310 g/mol. The molecule has 1 aliphatic rings. The summed E-state index contributed by atoms with van der Waals surface area (Å²) in [6.07, 6.45) is 0. The van der Waals surface area contributed by atoms with Crippen LogP contribution in [0.5, 0.6) is 0 Å². The fourth-order valence-electron chi connectivity index (χ4n) is 1.98. The van der Waals surface area contributed by atoms with Gasteiger partial charge >= 0.3 is 0 Å². The second-order valence-electron chi connectivity index (χ2n) is 4.48. The zero-order valence-corrected chi connectivity index (χ0v) is 13.0. The van der Waals surface area contributed by atoms with Crippen LogP contribution in [-0.2, 0) is 16.1 Å². The van der Waals surface area contributed by atoms with Gasteiger partial charge in [-0.05, 0) is 21.9 Å². The van der Waals surface area contributed by atoms with Crippen molar-refractivity contribution in [2.45, 2.75) is 11.7 Å². The first kappa shape index (κ1) is 14.5. The summed E-state index contributed by atoms with van der Waals surface area (Å²) in [4.78, 5) is 15.1. The number of nitrogens with zero attached hydrogens (tertiary/aromatic N) is 5. The molecule has 0 bridgehead atoms. The smallest absolute Gasteiger partial charge is 0.233 e. The number of carbonyl (C=O) groups is 1. The summed E-state index contributed by atoms with van der Waals surface area (Å²) in [7, 11) is 0. The number of amides is 1. The minimum absolute atomic E-state index is 0.106. The summed E-state index contributed by atoms with van der Waals surface area (Å²) in [5, 5.41) is 14.4. The summed E-state index contributed by atoms with van der Waals surface area (Å²) in [6.45, 7) is 3.21. The highest BCUT2D eigenvalue weighted by Crippen LogP contribution is 2.17. The maximum absolute atomic E-state index is 12.1. The van der Waals surface area contributed by atoms with E-state index in [0.717, 1.165) is 0 Å². The molecule has 0 aliphatic carbocycles. The van der Waals surface area contributed by atoms with E-state index in [-0.39, 0.29) is 5.91 Å². The molecule has 3 rings (SSSR count). The molecule has 1 fully saturated rings. The van der Waals surface area contributed by atoms with Crippen LogP contribution in [0.3, 0.4) is 0 Å². The Bertz CT molecular complexity index is 580. The van der Waals surface area contributed by atoms with Crippen LogP contribution in [-0.4, -0.2) is 63.1 Å². The fourth-order valence-corrected chi connectivity index (χ4v) is 3.44. The average Bonchev–Trinajstić information content (AvgIpc) is 3.18. The summed E-state index contributed by atoms with van der Waals surface area (Å²) >= 11 is 3.04. The molecule has 9 heteroatoms. The van der Waals surface area contributed by atoms with Crippen molar-refractivity contribution in [2.24, 2.45) is 0 Å². The van der Waals surface area contributed by atoms with Crippen LogP contribution in [0.2, 0.25) is 0 Å². The van der Waals surface area contributed by atoms with Gasteiger partial charge in [0.15, 0.2) is 0 Å². The van der Waals surface area contributed by atoms with Gasteiger partial charge in [-0.2, -0.15) is 0 Å². The topological polar surface area (TPSA) is 73.1 Å². The van der Waals surface area contributed by atoms with E-state index in [1.807, 2.05) is 22.4 Å². The number of thiophene rings is 1. The van der Waals surface area contributed by atoms with E-state index < -0.39 is 0 Å². The van der Waals surface area contributed by atoms with Gasteiger partial charge in [-0.15, -0.1) is 16.4 Å². The molecule has 0 aromatic carbocycles. The largest absolute Gasteiger partial charge is 0.378 e. The molecule has 2 aromatic heterocycles. The van der Waals surface area contributed by atoms with Crippen molar-refractivity contribution < 1.29 is 9.53 Å². The van der Waals surface area contributed by atoms with Crippen molar-refractivity contribution in [1.29, 1.82) is 0 Å². The van der Waals surface area contributed by atoms with Gasteiger partial charge < -0.3 is 9.64 Å². The highest BCUT2D eigenvalue weighted by Gasteiger charge is 2.18. The van der Waals surface area contributed by atoms with Crippen molar-refractivity contribution >= 4 is 29.0 Å². The van der Waals surface area contributed by atoms with E-state index in [9.17, 15) is 4.79 Å². The van der Waals surface area contributed by atoms with Gasteiger partial charge in [-0.3, -0.25) is 4.79 Å². The molecule has 112 valence electrons. The Morgan fingerprint density at radius 1 is 1.43 bits per heavy atom. The number of thioether (sulfide) groups is 1. The third kappa shape index (κ3) is 3.80. The first-order valence-electron chi connectivity index (χ1n) is 6.60. The zero-order valence-electron chi connectivity index (χ0n) is 11.3. The molecular formula is C12H15N5O2S2. The highest BCUT2D eigenvalue weighted by atomic mass is 32.2. The molecule has 0 N–H and O–H groups in total. The van der Waals surface area contributed by atoms with Crippen molar-refractivity contribution in [1.82, 2.24) is 25.1 Å². The molecule has 1 saturated heterocycles. The van der Waals surface area contributed by atoms with E-state index in [2.05, 4.69) is 15.5 Å². The van der Waals surface area contributed by atoms with Gasteiger partial charge in [0.05, 0.1) is 25.5 Å². The van der Waals surface area contributed by atoms with Crippen LogP contribution < -0.4 is 0 Å². The number of ether oxygens (including phenoxy) is 1. The van der Waals surface area contributed by atoms with E-state index >= 15 is 0 Å². The van der Waals surface area contributed by atoms with Crippen LogP contribution in [0.4, 0.5) is 0 Å². The number of hydrogen-bond acceptors (Lipinski definition) is 7. The number of morpholine rings is 1. The predicted octanol–water partition coefficient (Wildman–Crippen LogP) is 0.734. The molecule has 1 amide bonds. The summed E-state index contributed by atoms with van der Waals surface area (Å²) in [6, 6.07) is 4.04. The highest BCUT2D eigenvalue weighted by molar-refractivity contribution is 7.99. The third-order valence-corrected chi connectivity index (χ3v) is 4.88. The lowest BCUT2D eigenvalue weighted by atomic mass is 10.4. The monoisotopic (exact) mass is 325 g/mol. The quantitative estimate of drug-likeness (QED) is 0.755. The molecule has 0 radical (unpaired) electrons. The Hall–Kier alpha value is -1.45. The SMILES string of the molecule is O=C(CSc1nnnn1Cc1cccs1)N1CCOCC1.